The van der Waals surface area contributed by atoms with Gasteiger partial charge in [0.05, 0.1) is 12.1 Å². The van der Waals surface area contributed by atoms with Crippen LogP contribution in [0.3, 0.4) is 0 Å². The van der Waals surface area contributed by atoms with Crippen molar-refractivity contribution in [2.24, 2.45) is 0 Å². The molecular weight excluding hydrogens is 484 g/mol. The summed E-state index contributed by atoms with van der Waals surface area (Å²) in [6.45, 7) is 6.26. The molecule has 196 valence electrons. The molecule has 0 radical (unpaired) electrons. The first-order chi connectivity index (χ1) is 18.8. The standard InChI is InChI=1S/C34H32N2O3/c1-23(2)27-16-13-25(14-17-27)15-20-32(37)35-29-18-19-31(30(22-29)34(39)28-7-5-4-6-8-28)36-33(38)21-26-11-9-24(3)10-12-26/h4-20,22-23H,21H2,1-3H3,(H,35,37)(H,36,38)/b20-15+. The lowest BCUT2D eigenvalue weighted by atomic mass is 10.0. The summed E-state index contributed by atoms with van der Waals surface area (Å²) in [5, 5.41) is 5.70. The molecule has 0 atom stereocenters. The zero-order valence-electron chi connectivity index (χ0n) is 22.4. The quantitative estimate of drug-likeness (QED) is 0.183. The van der Waals surface area contributed by atoms with Gasteiger partial charge in [0.2, 0.25) is 11.8 Å². The lowest BCUT2D eigenvalue weighted by Gasteiger charge is -2.13. The average molecular weight is 517 g/mol. The Hall–Kier alpha value is -4.77. The molecule has 4 rings (SSSR count). The van der Waals surface area contributed by atoms with Crippen molar-refractivity contribution in [3.63, 3.8) is 0 Å². The zero-order chi connectivity index (χ0) is 27.8. The largest absolute Gasteiger partial charge is 0.325 e. The number of carbonyl (C=O) groups is 3. The van der Waals surface area contributed by atoms with Crippen molar-refractivity contribution in [3.05, 3.63) is 137 Å². The Morgan fingerprint density at radius 2 is 1.49 bits per heavy atom. The van der Waals surface area contributed by atoms with Gasteiger partial charge in [-0.3, -0.25) is 14.4 Å². The molecule has 0 spiro atoms. The maximum atomic E-state index is 13.4. The highest BCUT2D eigenvalue weighted by Crippen LogP contribution is 2.24. The van der Waals surface area contributed by atoms with Crippen LogP contribution in [-0.2, 0) is 16.0 Å². The summed E-state index contributed by atoms with van der Waals surface area (Å²) in [5.74, 6) is -0.367. The van der Waals surface area contributed by atoms with Crippen LogP contribution in [-0.4, -0.2) is 17.6 Å². The normalized spacial score (nSPS) is 11.0. The molecule has 5 heteroatoms. The summed E-state index contributed by atoms with van der Waals surface area (Å²) in [4.78, 5) is 38.9. The molecule has 4 aromatic rings. The van der Waals surface area contributed by atoms with Crippen molar-refractivity contribution in [1.29, 1.82) is 0 Å². The Balaban J connectivity index is 1.52. The third-order valence-electron chi connectivity index (χ3n) is 6.36. The van der Waals surface area contributed by atoms with E-state index < -0.39 is 0 Å². The Labute approximate surface area is 229 Å². The van der Waals surface area contributed by atoms with Crippen LogP contribution in [0.25, 0.3) is 6.08 Å². The van der Waals surface area contributed by atoms with Crippen LogP contribution >= 0.6 is 0 Å². The van der Waals surface area contributed by atoms with Crippen LogP contribution < -0.4 is 10.6 Å². The number of hydrogen-bond acceptors (Lipinski definition) is 3. The molecule has 0 bridgehead atoms. The molecular formula is C34H32N2O3. The molecule has 0 saturated carbocycles. The van der Waals surface area contributed by atoms with Gasteiger partial charge in [-0.1, -0.05) is 98.3 Å². The predicted molar refractivity (Wildman–Crippen MR) is 158 cm³/mol. The van der Waals surface area contributed by atoms with E-state index in [1.807, 2.05) is 49.4 Å². The molecule has 0 fully saturated rings. The van der Waals surface area contributed by atoms with Crippen LogP contribution in [0.5, 0.6) is 0 Å². The minimum Gasteiger partial charge on any atom is -0.325 e. The van der Waals surface area contributed by atoms with Gasteiger partial charge in [0, 0.05) is 22.9 Å². The summed E-state index contributed by atoms with van der Waals surface area (Å²) < 4.78 is 0. The summed E-state index contributed by atoms with van der Waals surface area (Å²) in [7, 11) is 0. The molecule has 0 saturated heterocycles. The smallest absolute Gasteiger partial charge is 0.248 e. The van der Waals surface area contributed by atoms with Gasteiger partial charge in [0.25, 0.3) is 0 Å². The van der Waals surface area contributed by atoms with Gasteiger partial charge in [-0.15, -0.1) is 0 Å². The first-order valence-electron chi connectivity index (χ1n) is 13.0. The number of anilines is 2. The summed E-state index contributed by atoms with van der Waals surface area (Å²) >= 11 is 0. The van der Waals surface area contributed by atoms with E-state index in [2.05, 4.69) is 36.6 Å². The van der Waals surface area contributed by atoms with E-state index in [1.54, 1.807) is 48.5 Å². The fourth-order valence-corrected chi connectivity index (χ4v) is 4.10. The number of rotatable bonds is 9. The van der Waals surface area contributed by atoms with Crippen molar-refractivity contribution in [2.45, 2.75) is 33.1 Å². The third kappa shape index (κ3) is 7.62. The summed E-state index contributed by atoms with van der Waals surface area (Å²) in [5.41, 5.74) is 5.77. The van der Waals surface area contributed by atoms with E-state index >= 15 is 0 Å². The van der Waals surface area contributed by atoms with Crippen molar-refractivity contribution in [1.82, 2.24) is 0 Å². The van der Waals surface area contributed by atoms with Crippen LogP contribution in [0.4, 0.5) is 11.4 Å². The number of benzene rings is 4. The van der Waals surface area contributed by atoms with Gasteiger partial charge in [-0.25, -0.2) is 0 Å². The Bertz CT molecular complexity index is 1490. The van der Waals surface area contributed by atoms with E-state index in [0.717, 1.165) is 16.7 Å². The molecule has 0 aliphatic carbocycles. The lowest BCUT2D eigenvalue weighted by Crippen LogP contribution is -2.18. The monoisotopic (exact) mass is 516 g/mol. The molecule has 2 amide bonds. The van der Waals surface area contributed by atoms with E-state index in [4.69, 9.17) is 0 Å². The van der Waals surface area contributed by atoms with Crippen molar-refractivity contribution in [3.8, 4) is 0 Å². The minimum absolute atomic E-state index is 0.181. The second-order valence-electron chi connectivity index (χ2n) is 9.81. The van der Waals surface area contributed by atoms with Crippen molar-refractivity contribution < 1.29 is 14.4 Å². The fraction of sp³-hybridized carbons (Fsp3) is 0.147. The van der Waals surface area contributed by atoms with Gasteiger partial charge in [0.15, 0.2) is 5.78 Å². The molecule has 39 heavy (non-hydrogen) atoms. The average Bonchev–Trinajstić information content (AvgIpc) is 2.94. The first kappa shape index (κ1) is 27.3. The number of carbonyl (C=O) groups excluding carboxylic acids is 3. The molecule has 0 aromatic heterocycles. The topological polar surface area (TPSA) is 75.3 Å². The lowest BCUT2D eigenvalue weighted by molar-refractivity contribution is -0.115. The zero-order valence-corrected chi connectivity index (χ0v) is 22.4. The van der Waals surface area contributed by atoms with Gasteiger partial charge in [0.1, 0.15) is 0 Å². The molecule has 0 heterocycles. The number of ketones is 1. The van der Waals surface area contributed by atoms with Crippen LogP contribution in [0.2, 0.25) is 0 Å². The Morgan fingerprint density at radius 3 is 2.15 bits per heavy atom. The molecule has 5 nitrogen and oxygen atoms in total. The summed E-state index contributed by atoms with van der Waals surface area (Å²) in [6, 6.07) is 29.6. The van der Waals surface area contributed by atoms with Crippen molar-refractivity contribution in [2.75, 3.05) is 10.6 Å². The number of amides is 2. The Kier molecular flexibility index (Phi) is 8.85. The molecule has 0 aliphatic rings. The molecule has 2 N–H and O–H groups in total. The maximum absolute atomic E-state index is 13.4. The highest BCUT2D eigenvalue weighted by Gasteiger charge is 2.17. The second-order valence-corrected chi connectivity index (χ2v) is 9.81. The summed E-state index contributed by atoms with van der Waals surface area (Å²) in [6.07, 6.45) is 3.39. The fourth-order valence-electron chi connectivity index (χ4n) is 4.10. The van der Waals surface area contributed by atoms with E-state index in [1.165, 1.54) is 11.6 Å². The van der Waals surface area contributed by atoms with E-state index in [0.29, 0.717) is 28.4 Å². The van der Waals surface area contributed by atoms with Crippen LogP contribution in [0, 0.1) is 6.92 Å². The van der Waals surface area contributed by atoms with Gasteiger partial charge >= 0.3 is 0 Å². The number of aryl methyl sites for hydroxylation is 1. The van der Waals surface area contributed by atoms with Crippen molar-refractivity contribution >= 4 is 35.0 Å². The molecule has 4 aromatic carbocycles. The highest BCUT2D eigenvalue weighted by atomic mass is 16.2. The third-order valence-corrected chi connectivity index (χ3v) is 6.36. The van der Waals surface area contributed by atoms with Gasteiger partial charge in [-0.05, 0) is 53.8 Å². The predicted octanol–water partition coefficient (Wildman–Crippen LogP) is 7.18. The molecule has 0 unspecified atom stereocenters. The van der Waals surface area contributed by atoms with Gasteiger partial charge in [-0.2, -0.15) is 0 Å². The number of hydrogen-bond donors (Lipinski definition) is 2. The van der Waals surface area contributed by atoms with E-state index in [9.17, 15) is 14.4 Å². The molecule has 0 aliphatic heterocycles. The van der Waals surface area contributed by atoms with E-state index in [-0.39, 0.29) is 24.0 Å². The van der Waals surface area contributed by atoms with Crippen LogP contribution in [0.1, 0.15) is 57.9 Å². The van der Waals surface area contributed by atoms with Gasteiger partial charge < -0.3 is 10.6 Å². The maximum Gasteiger partial charge on any atom is 0.248 e. The Morgan fingerprint density at radius 1 is 0.795 bits per heavy atom. The second kappa shape index (κ2) is 12.7. The SMILES string of the molecule is Cc1ccc(CC(=O)Nc2ccc(NC(=O)/C=C/c3ccc(C(C)C)cc3)cc2C(=O)c2ccccc2)cc1. The minimum atomic E-state index is -0.322. The van der Waals surface area contributed by atoms with Crippen LogP contribution in [0.15, 0.2) is 103 Å². The highest BCUT2D eigenvalue weighted by molar-refractivity contribution is 6.15. The number of nitrogens with one attached hydrogen (secondary N) is 2. The first-order valence-corrected chi connectivity index (χ1v) is 13.0.